The molecule has 0 bridgehead atoms. The second kappa shape index (κ2) is 4.83. The maximum Gasteiger partial charge on any atom is 0.270 e. The molecule has 1 aromatic rings. The third-order valence-electron chi connectivity index (χ3n) is 3.07. The molecule has 7 heteroatoms. The molecule has 1 heterocycles. The quantitative estimate of drug-likeness (QED) is 0.869. The molecule has 18 heavy (non-hydrogen) atoms. The monoisotopic (exact) mass is 307 g/mol. The molecule has 0 radical (unpaired) electrons. The molecule has 1 aliphatic carbocycles. The van der Waals surface area contributed by atoms with Crippen molar-refractivity contribution in [2.24, 2.45) is 11.8 Å². The minimum atomic E-state index is -3.68. The van der Waals surface area contributed by atoms with Crippen LogP contribution in [-0.4, -0.2) is 14.3 Å². The Morgan fingerprint density at radius 1 is 1.56 bits per heavy atom. The van der Waals surface area contributed by atoms with Gasteiger partial charge in [0, 0.05) is 21.5 Å². The van der Waals surface area contributed by atoms with E-state index in [9.17, 15) is 13.2 Å². The Bertz CT molecular complexity index is 567. The normalized spacial score (nSPS) is 24.6. The molecule has 1 amide bonds. The Morgan fingerprint density at radius 2 is 2.17 bits per heavy atom. The highest BCUT2D eigenvalue weighted by Crippen LogP contribution is 2.38. The van der Waals surface area contributed by atoms with Gasteiger partial charge in [-0.25, -0.2) is 8.42 Å². The fourth-order valence-corrected chi connectivity index (χ4v) is 3.87. The van der Waals surface area contributed by atoms with E-state index in [1.54, 1.807) is 6.07 Å². The van der Waals surface area contributed by atoms with Crippen LogP contribution in [0.15, 0.2) is 16.3 Å². The second-order valence-corrected chi connectivity index (χ2v) is 8.55. The van der Waals surface area contributed by atoms with E-state index in [-0.39, 0.29) is 22.1 Å². The molecule has 0 aliphatic heterocycles. The van der Waals surface area contributed by atoms with Gasteiger partial charge in [-0.2, -0.15) is 0 Å². The zero-order valence-electron chi connectivity index (χ0n) is 10.0. The maximum atomic E-state index is 11.8. The Morgan fingerprint density at radius 3 is 2.61 bits per heavy atom. The highest BCUT2D eigenvalue weighted by Gasteiger charge is 2.39. The van der Waals surface area contributed by atoms with Crippen LogP contribution in [0.3, 0.4) is 0 Å². The van der Waals surface area contributed by atoms with Gasteiger partial charge in [0.15, 0.2) is 0 Å². The molecule has 1 aromatic heterocycles. The van der Waals surface area contributed by atoms with Gasteiger partial charge >= 0.3 is 0 Å². The van der Waals surface area contributed by atoms with Crippen LogP contribution in [0.2, 0.25) is 0 Å². The average Bonchev–Trinajstić information content (AvgIpc) is 2.80. The Balaban J connectivity index is 2.03. The smallest absolute Gasteiger partial charge is 0.270 e. The number of nitrogens with one attached hydrogen (secondary N) is 1. The van der Waals surface area contributed by atoms with Gasteiger partial charge < -0.3 is 5.32 Å². The van der Waals surface area contributed by atoms with Gasteiger partial charge in [-0.3, -0.25) is 4.79 Å². The van der Waals surface area contributed by atoms with Crippen molar-refractivity contribution in [3.8, 4) is 0 Å². The third-order valence-corrected chi connectivity index (χ3v) is 6.43. The van der Waals surface area contributed by atoms with Crippen LogP contribution in [0, 0.1) is 11.8 Å². The fraction of sp³-hybridized carbons (Fsp3) is 0.545. The number of amides is 1. The number of carbonyl (C=O) groups is 1. The summed E-state index contributed by atoms with van der Waals surface area (Å²) in [6.07, 6.45) is 0.935. The zero-order chi connectivity index (χ0) is 13.5. The molecule has 2 rings (SSSR count). The lowest BCUT2D eigenvalue weighted by Crippen LogP contribution is -2.27. The topological polar surface area (TPSA) is 63.2 Å². The molecule has 0 spiro atoms. The Hall–Kier alpha value is -0.590. The van der Waals surface area contributed by atoms with Crippen LogP contribution < -0.4 is 5.32 Å². The molecule has 4 nitrogen and oxygen atoms in total. The highest BCUT2D eigenvalue weighted by atomic mass is 35.7. The van der Waals surface area contributed by atoms with Gasteiger partial charge in [0.1, 0.15) is 4.21 Å². The summed E-state index contributed by atoms with van der Waals surface area (Å²) in [6.45, 7) is 3.87. The van der Waals surface area contributed by atoms with Gasteiger partial charge in [0.2, 0.25) is 5.91 Å². The van der Waals surface area contributed by atoms with Crippen LogP contribution in [0.4, 0.5) is 0 Å². The van der Waals surface area contributed by atoms with Gasteiger partial charge in [0.05, 0.1) is 6.04 Å². The predicted octanol–water partition coefficient (Wildman–Crippen LogP) is 2.51. The summed E-state index contributed by atoms with van der Waals surface area (Å²) >= 11 is 1.09. The molecular weight excluding hydrogens is 294 g/mol. The van der Waals surface area contributed by atoms with Crippen molar-refractivity contribution in [2.75, 3.05) is 0 Å². The Labute approximate surface area is 115 Å². The molecule has 1 fully saturated rings. The van der Waals surface area contributed by atoms with Crippen LogP contribution in [0.1, 0.15) is 31.2 Å². The fourth-order valence-electron chi connectivity index (χ4n) is 1.78. The van der Waals surface area contributed by atoms with E-state index in [1.807, 2.05) is 13.8 Å². The summed E-state index contributed by atoms with van der Waals surface area (Å²) in [5.41, 5.74) is 0. The largest absolute Gasteiger partial charge is 0.349 e. The minimum absolute atomic E-state index is 0.0404. The number of halogens is 1. The van der Waals surface area contributed by atoms with Gasteiger partial charge in [0.25, 0.3) is 9.05 Å². The van der Waals surface area contributed by atoms with E-state index >= 15 is 0 Å². The summed E-state index contributed by atoms with van der Waals surface area (Å²) in [5, 5.41) is 2.89. The van der Waals surface area contributed by atoms with Crippen molar-refractivity contribution in [3.05, 3.63) is 17.0 Å². The van der Waals surface area contributed by atoms with Crippen molar-refractivity contribution >= 4 is 37.0 Å². The molecule has 100 valence electrons. The number of thiophene rings is 1. The van der Waals surface area contributed by atoms with Gasteiger partial charge in [-0.1, -0.05) is 6.92 Å². The lowest BCUT2D eigenvalue weighted by molar-refractivity contribution is -0.123. The van der Waals surface area contributed by atoms with Crippen LogP contribution in [-0.2, 0) is 13.8 Å². The first kappa shape index (κ1) is 13.8. The second-order valence-electron chi connectivity index (χ2n) is 4.64. The van der Waals surface area contributed by atoms with Crippen LogP contribution >= 0.6 is 22.0 Å². The number of hydrogen-bond donors (Lipinski definition) is 1. The number of rotatable bonds is 4. The summed E-state index contributed by atoms with van der Waals surface area (Å²) in [4.78, 5) is 12.5. The standard InChI is InChI=1S/C11H14ClNO3S2/c1-6-5-8(6)11(14)13-7(2)9-3-4-10(17-9)18(12,15)16/h3-4,6-8H,5H2,1-2H3,(H,13,14). The average molecular weight is 308 g/mol. The molecule has 3 atom stereocenters. The van der Waals surface area contributed by atoms with Crippen molar-refractivity contribution in [1.82, 2.24) is 5.32 Å². The number of carbonyl (C=O) groups excluding carboxylic acids is 1. The molecular formula is C11H14ClNO3S2. The summed E-state index contributed by atoms with van der Waals surface area (Å²) in [5.74, 6) is 0.613. The summed E-state index contributed by atoms with van der Waals surface area (Å²) in [7, 11) is 1.58. The zero-order valence-corrected chi connectivity index (χ0v) is 12.4. The van der Waals surface area contributed by atoms with Crippen LogP contribution in [0.25, 0.3) is 0 Å². The molecule has 0 aromatic carbocycles. The maximum absolute atomic E-state index is 11.8. The van der Waals surface area contributed by atoms with E-state index in [0.717, 1.165) is 22.6 Å². The van der Waals surface area contributed by atoms with Crippen molar-refractivity contribution < 1.29 is 13.2 Å². The van der Waals surface area contributed by atoms with Gasteiger partial charge in [-0.15, -0.1) is 11.3 Å². The summed E-state index contributed by atoms with van der Waals surface area (Å²) < 4.78 is 22.4. The van der Waals surface area contributed by atoms with Gasteiger partial charge in [-0.05, 0) is 31.4 Å². The minimum Gasteiger partial charge on any atom is -0.349 e. The highest BCUT2D eigenvalue weighted by molar-refractivity contribution is 8.15. The van der Waals surface area contributed by atoms with E-state index in [4.69, 9.17) is 10.7 Å². The Kier molecular flexibility index (Phi) is 3.71. The van der Waals surface area contributed by atoms with Crippen LogP contribution in [0.5, 0.6) is 0 Å². The van der Waals surface area contributed by atoms with E-state index in [0.29, 0.717) is 5.92 Å². The lowest BCUT2D eigenvalue weighted by atomic mass is 10.2. The SMILES string of the molecule is CC(NC(=O)C1CC1C)c1ccc(S(=O)(=O)Cl)s1. The first-order chi connectivity index (χ1) is 8.29. The summed E-state index contributed by atoms with van der Waals surface area (Å²) in [6, 6.07) is 2.95. The first-order valence-corrected chi connectivity index (χ1v) is 8.76. The third kappa shape index (κ3) is 3.05. The molecule has 1 N–H and O–H groups in total. The lowest BCUT2D eigenvalue weighted by Gasteiger charge is -2.11. The van der Waals surface area contributed by atoms with Crippen molar-refractivity contribution in [3.63, 3.8) is 0 Å². The van der Waals surface area contributed by atoms with E-state index < -0.39 is 9.05 Å². The first-order valence-electron chi connectivity index (χ1n) is 5.64. The van der Waals surface area contributed by atoms with Crippen molar-refractivity contribution in [1.29, 1.82) is 0 Å². The van der Waals surface area contributed by atoms with Crippen molar-refractivity contribution in [2.45, 2.75) is 30.5 Å². The number of hydrogen-bond acceptors (Lipinski definition) is 4. The van der Waals surface area contributed by atoms with E-state index in [2.05, 4.69) is 5.32 Å². The predicted molar refractivity (Wildman–Crippen MR) is 71.2 cm³/mol. The molecule has 1 saturated carbocycles. The molecule has 1 aliphatic rings. The molecule has 3 unspecified atom stereocenters. The van der Waals surface area contributed by atoms with E-state index in [1.165, 1.54) is 6.07 Å². The molecule has 0 saturated heterocycles.